The van der Waals surface area contributed by atoms with Crippen LogP contribution in [-0.4, -0.2) is 26.0 Å². The topological polar surface area (TPSA) is 72.2 Å². The van der Waals surface area contributed by atoms with E-state index in [1.165, 1.54) is 25.0 Å². The molecule has 0 atom stereocenters. The van der Waals surface area contributed by atoms with E-state index in [1.807, 2.05) is 0 Å². The second-order valence-electron chi connectivity index (χ2n) is 5.10. The van der Waals surface area contributed by atoms with Crippen LogP contribution in [0.15, 0.2) is 27.6 Å². The Hall–Kier alpha value is -0.240. The fraction of sp³-hybridized carbons (Fsp3) is 0.538. The molecule has 7 heteroatoms. The molecular formula is C13H19BrN2O2S2. The van der Waals surface area contributed by atoms with E-state index in [1.54, 1.807) is 17.8 Å². The van der Waals surface area contributed by atoms with Gasteiger partial charge in [-0.2, -0.15) is 11.8 Å². The maximum absolute atomic E-state index is 12.3. The van der Waals surface area contributed by atoms with Crippen molar-refractivity contribution in [2.45, 2.75) is 35.3 Å². The van der Waals surface area contributed by atoms with Crippen LogP contribution in [0.2, 0.25) is 0 Å². The first-order valence-corrected chi connectivity index (χ1v) is 9.98. The Bertz CT molecular complexity index is 584. The van der Waals surface area contributed by atoms with Gasteiger partial charge in [0, 0.05) is 21.5 Å². The van der Waals surface area contributed by atoms with Gasteiger partial charge in [0.15, 0.2) is 0 Å². The summed E-state index contributed by atoms with van der Waals surface area (Å²) in [7, 11) is -3.48. The molecule has 0 amide bonds. The van der Waals surface area contributed by atoms with E-state index < -0.39 is 10.0 Å². The first-order chi connectivity index (χ1) is 9.38. The highest BCUT2D eigenvalue weighted by molar-refractivity contribution is 9.10. The molecule has 1 aromatic carbocycles. The van der Waals surface area contributed by atoms with Gasteiger partial charge in [0.25, 0.3) is 0 Å². The average Bonchev–Trinajstić information content (AvgIpc) is 2.89. The SMILES string of the molecule is CSC1(CNS(=O)(=O)c2ccc(N)c(Br)c2)CCCC1. The molecule has 0 bridgehead atoms. The second kappa shape index (κ2) is 6.25. The summed E-state index contributed by atoms with van der Waals surface area (Å²) in [6, 6.07) is 4.67. The molecule has 3 N–H and O–H groups in total. The highest BCUT2D eigenvalue weighted by Crippen LogP contribution is 2.39. The van der Waals surface area contributed by atoms with Crippen LogP contribution in [0.1, 0.15) is 25.7 Å². The minimum atomic E-state index is -3.48. The molecule has 0 aliphatic heterocycles. The van der Waals surface area contributed by atoms with Crippen molar-refractivity contribution in [3.8, 4) is 0 Å². The van der Waals surface area contributed by atoms with Crippen LogP contribution in [0.5, 0.6) is 0 Å². The molecule has 0 saturated heterocycles. The average molecular weight is 379 g/mol. The number of hydrogen-bond acceptors (Lipinski definition) is 4. The lowest BCUT2D eigenvalue weighted by molar-refractivity contribution is 0.551. The quantitative estimate of drug-likeness (QED) is 0.772. The summed E-state index contributed by atoms with van der Waals surface area (Å²) in [6.45, 7) is 0.485. The molecule has 1 aliphatic rings. The molecule has 4 nitrogen and oxygen atoms in total. The van der Waals surface area contributed by atoms with Crippen molar-refractivity contribution in [1.82, 2.24) is 4.72 Å². The van der Waals surface area contributed by atoms with Gasteiger partial charge in [0.2, 0.25) is 10.0 Å². The maximum atomic E-state index is 12.3. The predicted molar refractivity (Wildman–Crippen MR) is 88.5 cm³/mol. The molecule has 1 fully saturated rings. The molecule has 1 aromatic rings. The standard InChI is InChI=1S/C13H19BrN2O2S2/c1-19-13(6-2-3-7-13)9-16-20(17,18)10-4-5-12(15)11(14)8-10/h4-5,8,16H,2-3,6-7,9,15H2,1H3. The number of rotatable bonds is 5. The van der Waals surface area contributed by atoms with Gasteiger partial charge in [-0.25, -0.2) is 13.1 Å². The number of hydrogen-bond donors (Lipinski definition) is 2. The number of halogens is 1. The molecule has 112 valence electrons. The van der Waals surface area contributed by atoms with Gasteiger partial charge < -0.3 is 5.73 Å². The predicted octanol–water partition coefficient (Wildman–Crippen LogP) is 2.99. The first kappa shape index (κ1) is 16.1. The van der Waals surface area contributed by atoms with Crippen molar-refractivity contribution in [1.29, 1.82) is 0 Å². The van der Waals surface area contributed by atoms with Crippen LogP contribution in [0.3, 0.4) is 0 Å². The molecule has 1 aliphatic carbocycles. The number of thioether (sulfide) groups is 1. The van der Waals surface area contributed by atoms with Crippen molar-refractivity contribution >= 4 is 43.4 Å². The third-order valence-electron chi connectivity index (χ3n) is 3.81. The number of nitrogens with one attached hydrogen (secondary N) is 1. The lowest BCUT2D eigenvalue weighted by Gasteiger charge is -2.26. The van der Waals surface area contributed by atoms with Gasteiger partial charge in [-0.1, -0.05) is 12.8 Å². The molecule has 0 aromatic heterocycles. The van der Waals surface area contributed by atoms with Crippen LogP contribution in [-0.2, 0) is 10.0 Å². The van der Waals surface area contributed by atoms with Crippen molar-refractivity contribution in [2.75, 3.05) is 18.5 Å². The summed E-state index contributed by atoms with van der Waals surface area (Å²) in [4.78, 5) is 0.243. The Morgan fingerprint density at radius 2 is 2.05 bits per heavy atom. The molecule has 2 rings (SSSR count). The van der Waals surface area contributed by atoms with Gasteiger partial charge in [-0.3, -0.25) is 0 Å². The molecule has 0 radical (unpaired) electrons. The highest BCUT2D eigenvalue weighted by atomic mass is 79.9. The molecule has 0 spiro atoms. The molecule has 0 heterocycles. The minimum Gasteiger partial charge on any atom is -0.398 e. The molecule has 20 heavy (non-hydrogen) atoms. The summed E-state index contributed by atoms with van der Waals surface area (Å²) in [5.41, 5.74) is 6.21. The van der Waals surface area contributed by atoms with E-state index in [0.29, 0.717) is 16.7 Å². The Kier molecular flexibility index (Phi) is 5.05. The summed E-state index contributed by atoms with van der Waals surface area (Å²) in [5.74, 6) is 0. The monoisotopic (exact) mass is 378 g/mol. The Morgan fingerprint density at radius 3 is 2.60 bits per heavy atom. The molecule has 1 saturated carbocycles. The lowest BCUT2D eigenvalue weighted by atomic mass is 10.1. The summed E-state index contributed by atoms with van der Waals surface area (Å²) in [5, 5.41) is 0. The number of nitrogens with two attached hydrogens (primary N) is 1. The maximum Gasteiger partial charge on any atom is 0.240 e. The Morgan fingerprint density at radius 1 is 1.40 bits per heavy atom. The van der Waals surface area contributed by atoms with Gasteiger partial charge in [0.05, 0.1) is 4.90 Å². The zero-order chi connectivity index (χ0) is 14.8. The van der Waals surface area contributed by atoms with Crippen LogP contribution in [0.4, 0.5) is 5.69 Å². The van der Waals surface area contributed by atoms with Crippen LogP contribution >= 0.6 is 27.7 Å². The van der Waals surface area contributed by atoms with Crippen molar-refractivity contribution in [2.24, 2.45) is 0 Å². The third-order valence-corrected chi connectivity index (χ3v) is 7.32. The lowest BCUT2D eigenvalue weighted by Crippen LogP contribution is -2.38. The van der Waals surface area contributed by atoms with Crippen molar-refractivity contribution in [3.05, 3.63) is 22.7 Å². The zero-order valence-electron chi connectivity index (χ0n) is 11.4. The Labute approximate surface area is 133 Å². The fourth-order valence-electron chi connectivity index (χ4n) is 2.46. The third kappa shape index (κ3) is 3.50. The van der Waals surface area contributed by atoms with Gasteiger partial charge in [0.1, 0.15) is 0 Å². The normalized spacial score (nSPS) is 18.3. The van der Waals surface area contributed by atoms with Crippen LogP contribution < -0.4 is 10.5 Å². The number of anilines is 1. The van der Waals surface area contributed by atoms with E-state index in [-0.39, 0.29) is 9.64 Å². The number of sulfonamides is 1. The van der Waals surface area contributed by atoms with Crippen LogP contribution in [0.25, 0.3) is 0 Å². The highest BCUT2D eigenvalue weighted by Gasteiger charge is 2.34. The van der Waals surface area contributed by atoms with Gasteiger partial charge in [-0.15, -0.1) is 0 Å². The zero-order valence-corrected chi connectivity index (χ0v) is 14.6. The number of nitrogen functional groups attached to an aromatic ring is 1. The largest absolute Gasteiger partial charge is 0.398 e. The minimum absolute atomic E-state index is 0.0537. The fourth-order valence-corrected chi connectivity index (χ4v) is 5.15. The van der Waals surface area contributed by atoms with E-state index in [2.05, 4.69) is 26.9 Å². The van der Waals surface area contributed by atoms with Crippen LogP contribution in [0, 0.1) is 0 Å². The van der Waals surface area contributed by atoms with E-state index in [4.69, 9.17) is 5.73 Å². The van der Waals surface area contributed by atoms with Crippen molar-refractivity contribution in [3.63, 3.8) is 0 Å². The second-order valence-corrected chi connectivity index (χ2v) is 9.00. The van der Waals surface area contributed by atoms with Crippen molar-refractivity contribution < 1.29 is 8.42 Å². The first-order valence-electron chi connectivity index (χ1n) is 6.48. The molecular weight excluding hydrogens is 360 g/mol. The summed E-state index contributed by atoms with van der Waals surface area (Å²) in [6.07, 6.45) is 6.55. The van der Waals surface area contributed by atoms with E-state index >= 15 is 0 Å². The van der Waals surface area contributed by atoms with Gasteiger partial charge >= 0.3 is 0 Å². The summed E-state index contributed by atoms with van der Waals surface area (Å²) >= 11 is 5.02. The van der Waals surface area contributed by atoms with E-state index in [0.717, 1.165) is 12.8 Å². The smallest absolute Gasteiger partial charge is 0.240 e. The van der Waals surface area contributed by atoms with E-state index in [9.17, 15) is 8.42 Å². The Balaban J connectivity index is 2.13. The van der Waals surface area contributed by atoms with Gasteiger partial charge in [-0.05, 0) is 53.2 Å². The summed E-state index contributed by atoms with van der Waals surface area (Å²) < 4.78 is 28.1. The molecule has 0 unspecified atom stereocenters. The number of benzene rings is 1.